The minimum absolute atomic E-state index is 0.0538. The fourth-order valence-corrected chi connectivity index (χ4v) is 3.57. The molecule has 4 aromatic carbocycles. The summed E-state index contributed by atoms with van der Waals surface area (Å²) in [7, 11) is 0. The first kappa shape index (κ1) is 20.3. The zero-order chi connectivity index (χ0) is 21.8. The molecular formula is C26H21FN2O2. The quantitative estimate of drug-likeness (QED) is 0.440. The van der Waals surface area contributed by atoms with Crippen LogP contribution in [0.1, 0.15) is 39.2 Å². The molecule has 0 aliphatic heterocycles. The highest BCUT2D eigenvalue weighted by molar-refractivity contribution is 6.05. The summed E-state index contributed by atoms with van der Waals surface area (Å²) >= 11 is 0. The number of hydrogen-bond acceptors (Lipinski definition) is 2. The second kappa shape index (κ2) is 8.79. The van der Waals surface area contributed by atoms with E-state index in [9.17, 15) is 14.0 Å². The van der Waals surface area contributed by atoms with E-state index < -0.39 is 11.7 Å². The Morgan fingerprint density at radius 2 is 1.52 bits per heavy atom. The van der Waals surface area contributed by atoms with Gasteiger partial charge in [-0.25, -0.2) is 4.39 Å². The van der Waals surface area contributed by atoms with E-state index >= 15 is 0 Å². The van der Waals surface area contributed by atoms with E-state index in [1.165, 1.54) is 18.2 Å². The van der Waals surface area contributed by atoms with Gasteiger partial charge >= 0.3 is 0 Å². The highest BCUT2D eigenvalue weighted by atomic mass is 19.1. The van der Waals surface area contributed by atoms with Crippen LogP contribution in [0.2, 0.25) is 0 Å². The maximum Gasteiger partial charge on any atom is 0.258 e. The Morgan fingerprint density at radius 3 is 2.35 bits per heavy atom. The Labute approximate surface area is 179 Å². The molecule has 4 rings (SSSR count). The van der Waals surface area contributed by atoms with Crippen molar-refractivity contribution in [1.29, 1.82) is 0 Å². The van der Waals surface area contributed by atoms with Crippen LogP contribution in [-0.2, 0) is 0 Å². The van der Waals surface area contributed by atoms with Crippen molar-refractivity contribution >= 4 is 28.3 Å². The van der Waals surface area contributed by atoms with Crippen molar-refractivity contribution in [1.82, 2.24) is 5.32 Å². The van der Waals surface area contributed by atoms with Gasteiger partial charge in [0.15, 0.2) is 0 Å². The number of hydrogen-bond donors (Lipinski definition) is 2. The van der Waals surface area contributed by atoms with Gasteiger partial charge in [0.05, 0.1) is 11.6 Å². The molecule has 0 aliphatic rings. The highest BCUT2D eigenvalue weighted by Gasteiger charge is 2.15. The molecule has 1 atom stereocenters. The average molecular weight is 412 g/mol. The number of fused-ring (bicyclic) bond motifs is 1. The summed E-state index contributed by atoms with van der Waals surface area (Å²) in [6, 6.07) is 26.2. The third-order valence-electron chi connectivity index (χ3n) is 5.14. The summed E-state index contributed by atoms with van der Waals surface area (Å²) in [5.41, 5.74) is 1.79. The van der Waals surface area contributed by atoms with Gasteiger partial charge in [0.25, 0.3) is 11.8 Å². The van der Waals surface area contributed by atoms with Crippen LogP contribution < -0.4 is 10.6 Å². The lowest BCUT2D eigenvalue weighted by Gasteiger charge is -2.17. The van der Waals surface area contributed by atoms with Crippen LogP contribution >= 0.6 is 0 Å². The fourth-order valence-electron chi connectivity index (χ4n) is 3.57. The molecule has 31 heavy (non-hydrogen) atoms. The normalized spacial score (nSPS) is 11.7. The molecular weight excluding hydrogens is 391 g/mol. The van der Waals surface area contributed by atoms with Gasteiger partial charge < -0.3 is 10.6 Å². The first-order valence-corrected chi connectivity index (χ1v) is 9.97. The van der Waals surface area contributed by atoms with Crippen LogP contribution in [0.25, 0.3) is 10.8 Å². The molecule has 0 unspecified atom stereocenters. The van der Waals surface area contributed by atoms with Crippen LogP contribution in [0.3, 0.4) is 0 Å². The molecule has 0 aromatic heterocycles. The van der Waals surface area contributed by atoms with Gasteiger partial charge in [-0.1, -0.05) is 60.7 Å². The zero-order valence-electron chi connectivity index (χ0n) is 16.9. The van der Waals surface area contributed by atoms with Gasteiger partial charge in [-0.15, -0.1) is 0 Å². The van der Waals surface area contributed by atoms with E-state index in [4.69, 9.17) is 0 Å². The lowest BCUT2D eigenvalue weighted by molar-refractivity contribution is 0.0938. The summed E-state index contributed by atoms with van der Waals surface area (Å²) in [5.74, 6) is -1.43. The molecule has 0 fully saturated rings. The van der Waals surface area contributed by atoms with Crippen LogP contribution in [0.5, 0.6) is 0 Å². The van der Waals surface area contributed by atoms with Crippen molar-refractivity contribution in [3.05, 3.63) is 114 Å². The van der Waals surface area contributed by atoms with Gasteiger partial charge in [0.2, 0.25) is 0 Å². The Kier molecular flexibility index (Phi) is 5.76. The largest absolute Gasteiger partial charge is 0.345 e. The van der Waals surface area contributed by atoms with E-state index in [1.807, 2.05) is 49.4 Å². The number of amides is 2. The summed E-state index contributed by atoms with van der Waals surface area (Å²) in [5, 5.41) is 7.86. The summed E-state index contributed by atoms with van der Waals surface area (Å²) in [6.45, 7) is 1.93. The summed E-state index contributed by atoms with van der Waals surface area (Å²) < 4.78 is 13.8. The number of halogens is 1. The van der Waals surface area contributed by atoms with Gasteiger partial charge in [-0.05, 0) is 53.6 Å². The van der Waals surface area contributed by atoms with Gasteiger partial charge in [0, 0.05) is 11.3 Å². The standard InChI is InChI=1S/C26H21FN2O2/c1-17(21-14-7-9-18-8-2-3-12-22(18)21)28-25(30)19-10-6-11-20(16-19)29-26(31)23-13-4-5-15-24(23)27/h2-17H,1H3,(H,28,30)(H,29,31)/t17-/m0/s1. The van der Waals surface area contributed by atoms with Crippen LogP contribution in [0.4, 0.5) is 10.1 Å². The molecule has 154 valence electrons. The van der Waals surface area contributed by atoms with Crippen molar-refractivity contribution in [2.24, 2.45) is 0 Å². The van der Waals surface area contributed by atoms with Gasteiger partial charge in [-0.3, -0.25) is 9.59 Å². The van der Waals surface area contributed by atoms with Crippen LogP contribution in [0, 0.1) is 5.82 Å². The lowest BCUT2D eigenvalue weighted by Crippen LogP contribution is -2.27. The molecule has 0 aliphatic carbocycles. The van der Waals surface area contributed by atoms with Gasteiger partial charge in [0.1, 0.15) is 5.82 Å². The molecule has 0 radical (unpaired) electrons. The predicted molar refractivity (Wildman–Crippen MR) is 121 cm³/mol. The molecule has 0 saturated heterocycles. The minimum Gasteiger partial charge on any atom is -0.345 e. The van der Waals surface area contributed by atoms with Crippen molar-refractivity contribution in [2.75, 3.05) is 5.32 Å². The van der Waals surface area contributed by atoms with Crippen LogP contribution in [-0.4, -0.2) is 11.8 Å². The molecule has 0 bridgehead atoms. The Morgan fingerprint density at radius 1 is 0.806 bits per heavy atom. The number of rotatable bonds is 5. The Hall–Kier alpha value is -3.99. The molecule has 0 heterocycles. The number of carbonyl (C=O) groups excluding carboxylic acids is 2. The van der Waals surface area contributed by atoms with E-state index in [2.05, 4.69) is 10.6 Å². The molecule has 0 spiro atoms. The summed E-state index contributed by atoms with van der Waals surface area (Å²) in [4.78, 5) is 25.2. The molecule has 5 heteroatoms. The minimum atomic E-state index is -0.599. The fraction of sp³-hybridized carbons (Fsp3) is 0.0769. The SMILES string of the molecule is C[C@H](NC(=O)c1cccc(NC(=O)c2ccccc2F)c1)c1cccc2ccccc12. The first-order chi connectivity index (χ1) is 15.0. The summed E-state index contributed by atoms with van der Waals surface area (Å²) in [6.07, 6.45) is 0. The van der Waals surface area contributed by atoms with Crippen molar-refractivity contribution in [3.8, 4) is 0 Å². The number of benzene rings is 4. The van der Waals surface area contributed by atoms with E-state index in [0.29, 0.717) is 11.3 Å². The highest BCUT2D eigenvalue weighted by Crippen LogP contribution is 2.24. The second-order valence-electron chi connectivity index (χ2n) is 7.28. The second-order valence-corrected chi connectivity index (χ2v) is 7.28. The average Bonchev–Trinajstić information content (AvgIpc) is 2.79. The van der Waals surface area contributed by atoms with E-state index in [1.54, 1.807) is 30.3 Å². The number of anilines is 1. The van der Waals surface area contributed by atoms with Gasteiger partial charge in [-0.2, -0.15) is 0 Å². The Balaban J connectivity index is 1.50. The third kappa shape index (κ3) is 4.46. The smallest absolute Gasteiger partial charge is 0.258 e. The molecule has 0 saturated carbocycles. The number of carbonyl (C=O) groups is 2. The Bertz CT molecular complexity index is 1260. The van der Waals surface area contributed by atoms with Crippen molar-refractivity contribution < 1.29 is 14.0 Å². The zero-order valence-corrected chi connectivity index (χ0v) is 16.9. The van der Waals surface area contributed by atoms with E-state index in [-0.39, 0.29) is 17.5 Å². The van der Waals surface area contributed by atoms with Crippen molar-refractivity contribution in [3.63, 3.8) is 0 Å². The topological polar surface area (TPSA) is 58.2 Å². The maximum absolute atomic E-state index is 13.8. The predicted octanol–water partition coefficient (Wildman–Crippen LogP) is 5.72. The third-order valence-corrected chi connectivity index (χ3v) is 5.14. The van der Waals surface area contributed by atoms with Crippen LogP contribution in [0.15, 0.2) is 91.0 Å². The first-order valence-electron chi connectivity index (χ1n) is 9.97. The molecule has 4 nitrogen and oxygen atoms in total. The molecule has 4 aromatic rings. The molecule has 2 amide bonds. The lowest BCUT2D eigenvalue weighted by atomic mass is 9.99. The van der Waals surface area contributed by atoms with E-state index in [0.717, 1.165) is 16.3 Å². The monoisotopic (exact) mass is 412 g/mol. The maximum atomic E-state index is 13.8. The molecule has 2 N–H and O–H groups in total. The van der Waals surface area contributed by atoms with Crippen molar-refractivity contribution in [2.45, 2.75) is 13.0 Å². The number of nitrogens with one attached hydrogen (secondary N) is 2.